The lowest BCUT2D eigenvalue weighted by Gasteiger charge is -2.22. The number of carboxylic acid groups (broad SMARTS) is 2. The maximum absolute atomic E-state index is 12.6. The Balaban J connectivity index is 2.90. The van der Waals surface area contributed by atoms with E-state index in [0.29, 0.717) is 19.4 Å². The Hall–Kier alpha value is -3.34. The van der Waals surface area contributed by atoms with Gasteiger partial charge in [-0.05, 0) is 44.0 Å². The van der Waals surface area contributed by atoms with Crippen LogP contribution in [0.5, 0.6) is 11.5 Å². The van der Waals surface area contributed by atoms with Crippen LogP contribution in [0.1, 0.15) is 29.6 Å². The minimum absolute atomic E-state index is 0.0601. The zero-order valence-corrected chi connectivity index (χ0v) is 16.0. The molecule has 0 saturated heterocycles. The van der Waals surface area contributed by atoms with Crippen molar-refractivity contribution in [1.29, 1.82) is 0 Å². The molecule has 0 aromatic heterocycles. The second-order valence-electron chi connectivity index (χ2n) is 6.18. The van der Waals surface area contributed by atoms with E-state index in [1.54, 1.807) is 0 Å². The van der Waals surface area contributed by atoms with E-state index < -0.39 is 42.9 Å². The fraction of sp³-hybridized carbons (Fsp3) is 0.444. The van der Waals surface area contributed by atoms with Gasteiger partial charge < -0.3 is 36.0 Å². The molecule has 160 valence electrons. The lowest BCUT2D eigenvalue weighted by Crippen LogP contribution is -2.48. The molecule has 11 heteroatoms. The number of rotatable bonds is 12. The molecule has 0 unspecified atom stereocenters. The van der Waals surface area contributed by atoms with Gasteiger partial charge in [0.1, 0.15) is 19.1 Å². The van der Waals surface area contributed by atoms with Crippen LogP contribution in [0.2, 0.25) is 0 Å². The third kappa shape index (κ3) is 7.66. The number of phenols is 1. The Morgan fingerprint density at radius 2 is 1.86 bits per heavy atom. The molecule has 1 rings (SSSR count). The summed E-state index contributed by atoms with van der Waals surface area (Å²) in [7, 11) is 1.32. The molecule has 0 aliphatic carbocycles. The van der Waals surface area contributed by atoms with Gasteiger partial charge in [0.15, 0.2) is 11.5 Å². The van der Waals surface area contributed by atoms with Gasteiger partial charge in [0, 0.05) is 5.56 Å². The van der Waals surface area contributed by atoms with Gasteiger partial charge >= 0.3 is 11.9 Å². The molecular weight excluding hydrogens is 386 g/mol. The van der Waals surface area contributed by atoms with E-state index in [1.807, 2.05) is 0 Å². The first-order valence-corrected chi connectivity index (χ1v) is 8.79. The Bertz CT molecular complexity index is 753. The first kappa shape index (κ1) is 23.7. The van der Waals surface area contributed by atoms with Gasteiger partial charge in [-0.15, -0.1) is 0 Å². The second kappa shape index (κ2) is 11.5. The summed E-state index contributed by atoms with van der Waals surface area (Å²) in [6.45, 7) is -1.07. The van der Waals surface area contributed by atoms with Crippen molar-refractivity contribution in [3.05, 3.63) is 23.8 Å². The monoisotopic (exact) mass is 411 g/mol. The zero-order valence-electron chi connectivity index (χ0n) is 16.0. The number of carbonyl (C=O) groups is 4. The number of ether oxygens (including phenoxy) is 1. The SMILES string of the molecule is COc1ccc(C(=O)N(CC(=O)O)CC(=O)N[C@H](CCCCN)C(=O)O)cc1O. The van der Waals surface area contributed by atoms with Crippen LogP contribution in [0, 0.1) is 0 Å². The van der Waals surface area contributed by atoms with Crippen LogP contribution >= 0.6 is 0 Å². The number of phenolic OH excluding ortho intramolecular Hbond substituents is 1. The maximum Gasteiger partial charge on any atom is 0.326 e. The van der Waals surface area contributed by atoms with Crippen LogP contribution in [0.3, 0.4) is 0 Å². The molecule has 0 spiro atoms. The van der Waals surface area contributed by atoms with E-state index in [2.05, 4.69) is 5.32 Å². The van der Waals surface area contributed by atoms with E-state index in [4.69, 9.17) is 15.6 Å². The largest absolute Gasteiger partial charge is 0.504 e. The van der Waals surface area contributed by atoms with Crippen molar-refractivity contribution >= 4 is 23.8 Å². The van der Waals surface area contributed by atoms with Crippen LogP contribution in [-0.2, 0) is 14.4 Å². The molecule has 0 radical (unpaired) electrons. The molecule has 1 atom stereocenters. The molecule has 0 aliphatic rings. The summed E-state index contributed by atoms with van der Waals surface area (Å²) in [5.41, 5.74) is 5.30. The van der Waals surface area contributed by atoms with Gasteiger partial charge in [-0.25, -0.2) is 4.79 Å². The number of nitrogens with zero attached hydrogens (tertiary/aromatic N) is 1. The molecule has 0 heterocycles. The quantitative estimate of drug-likeness (QED) is 0.287. The number of aromatic hydroxyl groups is 1. The zero-order chi connectivity index (χ0) is 22.0. The van der Waals surface area contributed by atoms with Gasteiger partial charge in [0.25, 0.3) is 5.91 Å². The van der Waals surface area contributed by atoms with Crippen LogP contribution in [0.25, 0.3) is 0 Å². The smallest absolute Gasteiger partial charge is 0.326 e. The number of unbranched alkanes of at least 4 members (excludes halogenated alkanes) is 1. The summed E-state index contributed by atoms with van der Waals surface area (Å²) in [6.07, 6.45) is 1.22. The minimum Gasteiger partial charge on any atom is -0.504 e. The standard InChI is InChI=1S/C18H25N3O8/c1-29-14-6-5-11(8-13(14)22)17(26)21(10-16(24)25)9-15(23)20-12(18(27)28)4-2-3-7-19/h5-6,8,12,22H,2-4,7,9-10,19H2,1H3,(H,20,23)(H,24,25)(H,27,28)/t12-/m1/s1. The van der Waals surface area contributed by atoms with E-state index in [1.165, 1.54) is 19.2 Å². The Labute approximate surface area is 167 Å². The third-order valence-electron chi connectivity index (χ3n) is 3.95. The van der Waals surface area contributed by atoms with Crippen LogP contribution in [-0.4, -0.2) is 76.8 Å². The lowest BCUT2D eigenvalue weighted by molar-refractivity contribution is -0.142. The summed E-state index contributed by atoms with van der Waals surface area (Å²) in [5, 5.41) is 30.3. The van der Waals surface area contributed by atoms with Crippen LogP contribution in [0.4, 0.5) is 0 Å². The van der Waals surface area contributed by atoms with Gasteiger partial charge in [-0.3, -0.25) is 14.4 Å². The molecule has 0 saturated carbocycles. The molecule has 1 aromatic carbocycles. The van der Waals surface area contributed by atoms with Crippen molar-refractivity contribution in [2.45, 2.75) is 25.3 Å². The van der Waals surface area contributed by atoms with Gasteiger partial charge in [0.2, 0.25) is 5.91 Å². The summed E-state index contributed by atoms with van der Waals surface area (Å²) in [5.74, 6) is -4.46. The summed E-state index contributed by atoms with van der Waals surface area (Å²) >= 11 is 0. The Kier molecular flexibility index (Phi) is 9.39. The van der Waals surface area contributed by atoms with E-state index in [0.717, 1.165) is 11.0 Å². The number of benzene rings is 1. The normalized spacial score (nSPS) is 11.4. The number of methoxy groups -OCH3 is 1. The lowest BCUT2D eigenvalue weighted by atomic mass is 10.1. The van der Waals surface area contributed by atoms with Crippen molar-refractivity contribution in [3.8, 4) is 11.5 Å². The highest BCUT2D eigenvalue weighted by Crippen LogP contribution is 2.26. The molecule has 0 fully saturated rings. The second-order valence-corrected chi connectivity index (χ2v) is 6.18. The fourth-order valence-electron chi connectivity index (χ4n) is 2.53. The summed E-state index contributed by atoms with van der Waals surface area (Å²) < 4.78 is 4.88. The van der Waals surface area contributed by atoms with Gasteiger partial charge in [0.05, 0.1) is 7.11 Å². The van der Waals surface area contributed by atoms with Crippen molar-refractivity contribution < 1.29 is 39.2 Å². The number of hydrogen-bond donors (Lipinski definition) is 5. The van der Waals surface area contributed by atoms with E-state index in [-0.39, 0.29) is 23.5 Å². The van der Waals surface area contributed by atoms with Crippen LogP contribution in [0.15, 0.2) is 18.2 Å². The molecule has 0 bridgehead atoms. The van der Waals surface area contributed by atoms with Crippen LogP contribution < -0.4 is 15.8 Å². The van der Waals surface area contributed by atoms with Gasteiger partial charge in [-0.2, -0.15) is 0 Å². The Morgan fingerprint density at radius 3 is 2.38 bits per heavy atom. The van der Waals surface area contributed by atoms with Crippen molar-refractivity contribution in [2.24, 2.45) is 5.73 Å². The first-order chi connectivity index (χ1) is 13.7. The molecule has 2 amide bonds. The number of nitrogens with one attached hydrogen (secondary N) is 1. The number of hydrogen-bond acceptors (Lipinski definition) is 7. The maximum atomic E-state index is 12.6. The highest BCUT2D eigenvalue weighted by atomic mass is 16.5. The van der Waals surface area contributed by atoms with E-state index in [9.17, 15) is 29.4 Å². The number of aliphatic carboxylic acids is 2. The molecule has 6 N–H and O–H groups in total. The van der Waals surface area contributed by atoms with Crippen molar-refractivity contribution in [2.75, 3.05) is 26.7 Å². The predicted octanol–water partition coefficient (Wildman–Crippen LogP) is -0.374. The number of carbonyl (C=O) groups excluding carboxylic acids is 2. The molecule has 1 aromatic rings. The molecule has 29 heavy (non-hydrogen) atoms. The molecular formula is C18H25N3O8. The number of nitrogens with two attached hydrogens (primary N) is 1. The highest BCUT2D eigenvalue weighted by molar-refractivity contribution is 5.99. The topological polar surface area (TPSA) is 179 Å². The van der Waals surface area contributed by atoms with Crippen molar-refractivity contribution in [1.82, 2.24) is 10.2 Å². The fourth-order valence-corrected chi connectivity index (χ4v) is 2.53. The van der Waals surface area contributed by atoms with Crippen molar-refractivity contribution in [3.63, 3.8) is 0 Å². The third-order valence-corrected chi connectivity index (χ3v) is 3.95. The first-order valence-electron chi connectivity index (χ1n) is 8.79. The summed E-state index contributed by atoms with van der Waals surface area (Å²) in [4.78, 5) is 47.9. The molecule has 11 nitrogen and oxygen atoms in total. The predicted molar refractivity (Wildman–Crippen MR) is 101 cm³/mol. The average Bonchev–Trinajstić information content (AvgIpc) is 2.65. The number of carboxylic acids is 2. The number of amides is 2. The van der Waals surface area contributed by atoms with Gasteiger partial charge in [-0.1, -0.05) is 0 Å². The Morgan fingerprint density at radius 1 is 1.17 bits per heavy atom. The van der Waals surface area contributed by atoms with E-state index >= 15 is 0 Å². The highest BCUT2D eigenvalue weighted by Gasteiger charge is 2.25. The average molecular weight is 411 g/mol. The summed E-state index contributed by atoms with van der Waals surface area (Å²) in [6, 6.07) is 2.53. The minimum atomic E-state index is -1.36. The molecule has 0 aliphatic heterocycles.